The van der Waals surface area contributed by atoms with Crippen molar-refractivity contribution in [3.8, 4) is 5.75 Å². The monoisotopic (exact) mass is 277 g/mol. The molecule has 2 unspecified atom stereocenters. The maximum absolute atomic E-state index is 10.7. The third-order valence-corrected chi connectivity index (χ3v) is 4.08. The third-order valence-electron chi connectivity index (χ3n) is 4.08. The first-order valence-corrected chi connectivity index (χ1v) is 7.30. The number of ether oxygens (including phenoxy) is 1. The Bertz CT molecular complexity index is 438. The molecule has 1 fully saturated rings. The second-order valence-corrected chi connectivity index (χ2v) is 5.66. The molecule has 0 radical (unpaired) electrons. The Kier molecular flexibility index (Phi) is 5.01. The Hall–Kier alpha value is -1.55. The van der Waals surface area contributed by atoms with E-state index in [2.05, 4.69) is 6.92 Å². The molecule has 0 saturated heterocycles. The Morgan fingerprint density at radius 3 is 2.50 bits per heavy atom. The highest BCUT2D eigenvalue weighted by Crippen LogP contribution is 2.30. The van der Waals surface area contributed by atoms with Gasteiger partial charge in [-0.15, -0.1) is 0 Å². The van der Waals surface area contributed by atoms with Gasteiger partial charge in [-0.05, 0) is 49.8 Å². The van der Waals surface area contributed by atoms with Crippen LogP contribution in [0.5, 0.6) is 5.75 Å². The molecule has 1 saturated carbocycles. The third kappa shape index (κ3) is 3.97. The lowest BCUT2D eigenvalue weighted by molar-refractivity contribution is -0.138. The highest BCUT2D eigenvalue weighted by Gasteiger charge is 2.22. The van der Waals surface area contributed by atoms with E-state index in [0.29, 0.717) is 12.3 Å². The van der Waals surface area contributed by atoms with Gasteiger partial charge in [-0.2, -0.15) is 0 Å². The first-order valence-electron chi connectivity index (χ1n) is 7.30. The molecule has 1 aliphatic rings. The van der Waals surface area contributed by atoms with E-state index in [1.165, 1.54) is 25.7 Å². The first kappa shape index (κ1) is 14.9. The number of carboxylic acid groups (broad SMARTS) is 1. The van der Waals surface area contributed by atoms with E-state index < -0.39 is 12.0 Å². The van der Waals surface area contributed by atoms with Crippen LogP contribution >= 0.6 is 0 Å². The number of carboxylic acids is 1. The van der Waals surface area contributed by atoms with Gasteiger partial charge in [0.2, 0.25) is 0 Å². The Morgan fingerprint density at radius 1 is 1.35 bits per heavy atom. The predicted molar refractivity (Wildman–Crippen MR) is 77.8 cm³/mol. The molecule has 1 aromatic carbocycles. The first-order chi connectivity index (χ1) is 9.56. The van der Waals surface area contributed by atoms with Crippen molar-refractivity contribution in [2.75, 3.05) is 0 Å². The number of carbonyl (C=O) groups is 1. The number of aliphatic carboxylic acids is 1. The number of hydrogen-bond acceptors (Lipinski definition) is 3. The van der Waals surface area contributed by atoms with E-state index in [4.69, 9.17) is 15.6 Å². The molecule has 4 heteroatoms. The Morgan fingerprint density at radius 2 is 1.95 bits per heavy atom. The summed E-state index contributed by atoms with van der Waals surface area (Å²) in [5.41, 5.74) is 6.44. The van der Waals surface area contributed by atoms with Crippen molar-refractivity contribution in [1.82, 2.24) is 0 Å². The van der Waals surface area contributed by atoms with Crippen molar-refractivity contribution >= 4 is 5.97 Å². The zero-order chi connectivity index (χ0) is 14.5. The van der Waals surface area contributed by atoms with Crippen LogP contribution in [0, 0.1) is 5.92 Å². The fourth-order valence-corrected chi connectivity index (χ4v) is 2.78. The molecule has 4 nitrogen and oxygen atoms in total. The van der Waals surface area contributed by atoms with Crippen LogP contribution in [0.1, 0.15) is 38.2 Å². The van der Waals surface area contributed by atoms with Gasteiger partial charge in [0.25, 0.3) is 0 Å². The molecule has 3 N–H and O–H groups in total. The van der Waals surface area contributed by atoms with Gasteiger partial charge in [0.05, 0.1) is 6.10 Å². The molecule has 1 aliphatic carbocycles. The summed E-state index contributed by atoms with van der Waals surface area (Å²) in [5.74, 6) is 0.535. The van der Waals surface area contributed by atoms with Gasteiger partial charge in [0.15, 0.2) is 0 Å². The van der Waals surface area contributed by atoms with Crippen LogP contribution in [0.3, 0.4) is 0 Å². The lowest BCUT2D eigenvalue weighted by Crippen LogP contribution is -2.32. The Labute approximate surface area is 119 Å². The summed E-state index contributed by atoms with van der Waals surface area (Å²) in [4.78, 5) is 10.7. The summed E-state index contributed by atoms with van der Waals surface area (Å²) in [7, 11) is 0. The SMILES string of the molecule is CC(Oc1ccc(CC(N)C(=O)O)cc1)C1CCCC1. The molecule has 0 heterocycles. The average Bonchev–Trinajstić information content (AvgIpc) is 2.95. The second kappa shape index (κ2) is 6.75. The van der Waals surface area contributed by atoms with Crippen LogP contribution in [-0.4, -0.2) is 23.2 Å². The van der Waals surface area contributed by atoms with Gasteiger partial charge in [0, 0.05) is 0 Å². The number of hydrogen-bond donors (Lipinski definition) is 2. The lowest BCUT2D eigenvalue weighted by atomic mass is 10.0. The predicted octanol–water partition coefficient (Wildman–Crippen LogP) is 2.60. The van der Waals surface area contributed by atoms with Gasteiger partial charge in [0.1, 0.15) is 11.8 Å². The molecule has 110 valence electrons. The van der Waals surface area contributed by atoms with Crippen LogP contribution < -0.4 is 10.5 Å². The highest BCUT2D eigenvalue weighted by molar-refractivity contribution is 5.73. The maximum Gasteiger partial charge on any atom is 0.320 e. The standard InChI is InChI=1S/C16H23NO3/c1-11(13-4-2-3-5-13)20-14-8-6-12(7-9-14)10-15(17)16(18)19/h6-9,11,13,15H,2-5,10,17H2,1H3,(H,18,19). The number of benzene rings is 1. The quantitative estimate of drug-likeness (QED) is 0.838. The summed E-state index contributed by atoms with van der Waals surface area (Å²) in [6.45, 7) is 2.13. The molecule has 2 rings (SSSR count). The molecule has 20 heavy (non-hydrogen) atoms. The minimum Gasteiger partial charge on any atom is -0.490 e. The molecular formula is C16H23NO3. The summed E-state index contributed by atoms with van der Waals surface area (Å²) < 4.78 is 5.96. The van der Waals surface area contributed by atoms with E-state index in [0.717, 1.165) is 11.3 Å². The van der Waals surface area contributed by atoms with E-state index in [1.54, 1.807) is 0 Å². The van der Waals surface area contributed by atoms with Gasteiger partial charge >= 0.3 is 5.97 Å². The van der Waals surface area contributed by atoms with Crippen molar-refractivity contribution in [1.29, 1.82) is 0 Å². The fraction of sp³-hybridized carbons (Fsp3) is 0.562. The minimum atomic E-state index is -0.972. The maximum atomic E-state index is 10.7. The molecule has 1 aromatic rings. The molecule has 0 aliphatic heterocycles. The second-order valence-electron chi connectivity index (χ2n) is 5.66. The lowest BCUT2D eigenvalue weighted by Gasteiger charge is -2.20. The number of rotatable bonds is 6. The van der Waals surface area contributed by atoms with Crippen molar-refractivity contribution in [2.45, 2.75) is 51.2 Å². The molecular weight excluding hydrogens is 254 g/mol. The van der Waals surface area contributed by atoms with Gasteiger partial charge in [-0.3, -0.25) is 4.79 Å². The molecule has 0 amide bonds. The topological polar surface area (TPSA) is 72.5 Å². The van der Waals surface area contributed by atoms with E-state index >= 15 is 0 Å². The summed E-state index contributed by atoms with van der Waals surface area (Å²) in [6.07, 6.45) is 5.71. The van der Waals surface area contributed by atoms with Crippen LogP contribution in [-0.2, 0) is 11.2 Å². The van der Waals surface area contributed by atoms with Crippen molar-refractivity contribution < 1.29 is 14.6 Å². The van der Waals surface area contributed by atoms with Gasteiger partial charge in [-0.1, -0.05) is 25.0 Å². The van der Waals surface area contributed by atoms with Crippen LogP contribution in [0.4, 0.5) is 0 Å². The zero-order valence-corrected chi connectivity index (χ0v) is 11.9. The van der Waals surface area contributed by atoms with E-state index in [9.17, 15) is 4.79 Å². The van der Waals surface area contributed by atoms with E-state index in [1.807, 2.05) is 24.3 Å². The van der Waals surface area contributed by atoms with Crippen LogP contribution in [0.25, 0.3) is 0 Å². The van der Waals surface area contributed by atoms with Gasteiger partial charge < -0.3 is 15.6 Å². The largest absolute Gasteiger partial charge is 0.490 e. The normalized spacial score (nSPS) is 18.7. The summed E-state index contributed by atoms with van der Waals surface area (Å²) in [5, 5.41) is 8.79. The molecule has 0 bridgehead atoms. The smallest absolute Gasteiger partial charge is 0.320 e. The van der Waals surface area contributed by atoms with Gasteiger partial charge in [-0.25, -0.2) is 0 Å². The molecule has 0 aromatic heterocycles. The van der Waals surface area contributed by atoms with E-state index in [-0.39, 0.29) is 6.10 Å². The molecule has 2 atom stereocenters. The molecule has 0 spiro atoms. The van der Waals surface area contributed by atoms with Crippen molar-refractivity contribution in [2.24, 2.45) is 11.7 Å². The van der Waals surface area contributed by atoms with Crippen LogP contribution in [0.15, 0.2) is 24.3 Å². The van der Waals surface area contributed by atoms with Crippen LogP contribution in [0.2, 0.25) is 0 Å². The van der Waals surface area contributed by atoms with Crippen molar-refractivity contribution in [3.05, 3.63) is 29.8 Å². The Balaban J connectivity index is 1.89. The summed E-state index contributed by atoms with van der Waals surface area (Å²) in [6, 6.07) is 6.73. The van der Waals surface area contributed by atoms with Crippen molar-refractivity contribution in [3.63, 3.8) is 0 Å². The fourth-order valence-electron chi connectivity index (χ4n) is 2.78. The number of nitrogens with two attached hydrogens (primary N) is 1. The summed E-state index contributed by atoms with van der Waals surface area (Å²) >= 11 is 0. The zero-order valence-electron chi connectivity index (χ0n) is 11.9. The average molecular weight is 277 g/mol. The highest BCUT2D eigenvalue weighted by atomic mass is 16.5. The minimum absolute atomic E-state index is 0.240.